The largest absolute Gasteiger partial charge is 0.441 e. The molecule has 1 aliphatic heterocycles. The number of hydrogen-bond acceptors (Lipinski definition) is 6. The van der Waals surface area contributed by atoms with Gasteiger partial charge in [0.1, 0.15) is 11.6 Å². The van der Waals surface area contributed by atoms with E-state index in [0.29, 0.717) is 5.89 Å². The van der Waals surface area contributed by atoms with Gasteiger partial charge < -0.3 is 14.6 Å². The highest BCUT2D eigenvalue weighted by Crippen LogP contribution is 2.25. The van der Waals surface area contributed by atoms with Crippen molar-refractivity contribution in [3.8, 4) is 11.5 Å². The smallest absolute Gasteiger partial charge is 0.227 e. The Morgan fingerprint density at radius 1 is 1.19 bits per heavy atom. The zero-order valence-corrected chi connectivity index (χ0v) is 15.1. The van der Waals surface area contributed by atoms with Gasteiger partial charge in [-0.3, -0.25) is 9.78 Å². The maximum absolute atomic E-state index is 12.7. The number of hydrogen-bond donors (Lipinski definition) is 1. The molecule has 7 heteroatoms. The van der Waals surface area contributed by atoms with E-state index >= 15 is 0 Å². The monoisotopic (exact) mass is 363 g/mol. The van der Waals surface area contributed by atoms with Gasteiger partial charge in [0.2, 0.25) is 11.8 Å². The molecule has 0 saturated carbocycles. The Hall–Kier alpha value is -3.22. The number of amides is 1. The lowest BCUT2D eigenvalue weighted by atomic mass is 9.96. The molecular formula is C20H21N5O2. The van der Waals surface area contributed by atoms with Crippen molar-refractivity contribution in [2.45, 2.75) is 19.8 Å². The third-order valence-corrected chi connectivity index (χ3v) is 4.74. The summed E-state index contributed by atoms with van der Waals surface area (Å²) in [6.07, 6.45) is 8.39. The Morgan fingerprint density at radius 2 is 2.04 bits per heavy atom. The molecule has 4 rings (SSSR count). The second kappa shape index (κ2) is 7.57. The number of benzene rings is 1. The summed E-state index contributed by atoms with van der Waals surface area (Å²) in [5.41, 5.74) is 1.60. The maximum Gasteiger partial charge on any atom is 0.227 e. The molecule has 0 atom stereocenters. The van der Waals surface area contributed by atoms with Gasteiger partial charge in [-0.25, -0.2) is 9.97 Å². The fourth-order valence-electron chi connectivity index (χ4n) is 3.29. The zero-order valence-electron chi connectivity index (χ0n) is 15.1. The minimum absolute atomic E-state index is 0.00874. The Labute approximate surface area is 157 Å². The predicted octanol–water partition coefficient (Wildman–Crippen LogP) is 3.30. The molecule has 138 valence electrons. The number of rotatable bonds is 4. The molecule has 0 aliphatic carbocycles. The van der Waals surface area contributed by atoms with Gasteiger partial charge in [-0.1, -0.05) is 6.07 Å². The quantitative estimate of drug-likeness (QED) is 0.766. The van der Waals surface area contributed by atoms with Gasteiger partial charge in [-0.15, -0.1) is 0 Å². The van der Waals surface area contributed by atoms with Gasteiger partial charge in [0.15, 0.2) is 0 Å². The van der Waals surface area contributed by atoms with Crippen LogP contribution in [0.15, 0.2) is 53.5 Å². The number of piperidine rings is 1. The Morgan fingerprint density at radius 3 is 2.74 bits per heavy atom. The average Bonchev–Trinajstić information content (AvgIpc) is 3.15. The highest BCUT2D eigenvalue weighted by Gasteiger charge is 2.25. The normalized spacial score (nSPS) is 14.9. The zero-order chi connectivity index (χ0) is 18.6. The molecule has 27 heavy (non-hydrogen) atoms. The summed E-state index contributed by atoms with van der Waals surface area (Å²) in [5, 5.41) is 3.03. The van der Waals surface area contributed by atoms with E-state index in [1.807, 2.05) is 31.2 Å². The van der Waals surface area contributed by atoms with Crippen LogP contribution in [-0.2, 0) is 4.79 Å². The Kier molecular flexibility index (Phi) is 4.82. The van der Waals surface area contributed by atoms with Crippen molar-refractivity contribution in [2.75, 3.05) is 23.3 Å². The molecule has 1 N–H and O–H groups in total. The average molecular weight is 363 g/mol. The van der Waals surface area contributed by atoms with Gasteiger partial charge in [0.25, 0.3) is 0 Å². The summed E-state index contributed by atoms with van der Waals surface area (Å²) in [6, 6.07) is 7.57. The van der Waals surface area contributed by atoms with Crippen molar-refractivity contribution in [3.05, 3.63) is 54.8 Å². The molecule has 0 bridgehead atoms. The van der Waals surface area contributed by atoms with Gasteiger partial charge in [-0.05, 0) is 38.0 Å². The Balaban J connectivity index is 1.37. The molecule has 3 heterocycles. The summed E-state index contributed by atoms with van der Waals surface area (Å²) in [5.74, 6) is 2.22. The first kappa shape index (κ1) is 17.2. The van der Waals surface area contributed by atoms with Crippen LogP contribution in [0.2, 0.25) is 0 Å². The first-order valence-electron chi connectivity index (χ1n) is 9.04. The summed E-state index contributed by atoms with van der Waals surface area (Å²) < 4.78 is 5.56. The van der Waals surface area contributed by atoms with E-state index in [1.54, 1.807) is 24.8 Å². The molecule has 0 spiro atoms. The minimum atomic E-state index is -0.00874. The van der Waals surface area contributed by atoms with E-state index in [-0.39, 0.29) is 11.8 Å². The molecule has 0 unspecified atom stereocenters. The van der Waals surface area contributed by atoms with E-state index in [0.717, 1.165) is 48.8 Å². The molecular weight excluding hydrogens is 342 g/mol. The lowest BCUT2D eigenvalue weighted by Crippen LogP contribution is -2.38. The van der Waals surface area contributed by atoms with E-state index < -0.39 is 0 Å². The topological polar surface area (TPSA) is 84.2 Å². The van der Waals surface area contributed by atoms with E-state index in [9.17, 15) is 4.79 Å². The summed E-state index contributed by atoms with van der Waals surface area (Å²) in [7, 11) is 0. The molecule has 7 nitrogen and oxygen atoms in total. The van der Waals surface area contributed by atoms with Crippen LogP contribution in [-0.4, -0.2) is 33.9 Å². The van der Waals surface area contributed by atoms with Crippen LogP contribution in [0.4, 0.5) is 11.5 Å². The van der Waals surface area contributed by atoms with Crippen LogP contribution >= 0.6 is 0 Å². The highest BCUT2D eigenvalue weighted by molar-refractivity contribution is 5.93. The molecule has 1 amide bonds. The molecule has 1 fully saturated rings. The summed E-state index contributed by atoms with van der Waals surface area (Å²) in [4.78, 5) is 27.5. The van der Waals surface area contributed by atoms with Crippen LogP contribution < -0.4 is 10.2 Å². The number of nitrogens with zero attached hydrogens (tertiary/aromatic N) is 4. The molecule has 1 saturated heterocycles. The molecule has 0 radical (unpaired) electrons. The van der Waals surface area contributed by atoms with Crippen molar-refractivity contribution < 1.29 is 9.21 Å². The number of carbonyl (C=O) groups excluding carboxylic acids is 1. The lowest BCUT2D eigenvalue weighted by Gasteiger charge is -2.31. The van der Waals surface area contributed by atoms with Crippen molar-refractivity contribution in [2.24, 2.45) is 5.92 Å². The fraction of sp³-hybridized carbons (Fsp3) is 0.300. The Bertz CT molecular complexity index is 917. The van der Waals surface area contributed by atoms with Crippen LogP contribution in [0.1, 0.15) is 18.6 Å². The third kappa shape index (κ3) is 3.97. The fourth-order valence-corrected chi connectivity index (χ4v) is 3.29. The maximum atomic E-state index is 12.7. The number of aryl methyl sites for hydroxylation is 1. The second-order valence-electron chi connectivity index (χ2n) is 6.67. The van der Waals surface area contributed by atoms with Crippen molar-refractivity contribution in [3.63, 3.8) is 0 Å². The van der Waals surface area contributed by atoms with Gasteiger partial charge in [-0.2, -0.15) is 0 Å². The summed E-state index contributed by atoms with van der Waals surface area (Å²) >= 11 is 0. The number of carbonyl (C=O) groups is 1. The molecule has 1 aromatic carbocycles. The highest BCUT2D eigenvalue weighted by atomic mass is 16.4. The SMILES string of the molecule is Cc1cnc(-c2cccc(NC(=O)C3CCN(c4cnccn4)CC3)c2)o1. The van der Waals surface area contributed by atoms with Crippen molar-refractivity contribution in [1.29, 1.82) is 0 Å². The predicted molar refractivity (Wildman–Crippen MR) is 102 cm³/mol. The first-order chi connectivity index (χ1) is 13.2. The second-order valence-corrected chi connectivity index (χ2v) is 6.67. The summed E-state index contributed by atoms with van der Waals surface area (Å²) in [6.45, 7) is 3.45. The van der Waals surface area contributed by atoms with Gasteiger partial charge in [0, 0.05) is 42.7 Å². The van der Waals surface area contributed by atoms with Crippen LogP contribution in [0, 0.1) is 12.8 Å². The first-order valence-corrected chi connectivity index (χ1v) is 9.04. The number of nitrogens with one attached hydrogen (secondary N) is 1. The van der Waals surface area contributed by atoms with Crippen molar-refractivity contribution >= 4 is 17.4 Å². The standard InChI is InChI=1S/C20H21N5O2/c1-14-12-23-20(27-14)16-3-2-4-17(11-16)24-19(26)15-5-9-25(10-6-15)18-13-21-7-8-22-18/h2-4,7-8,11-13,15H,5-6,9-10H2,1H3,(H,24,26). The molecule has 2 aromatic heterocycles. The van der Waals surface area contributed by atoms with Crippen LogP contribution in [0.25, 0.3) is 11.5 Å². The number of anilines is 2. The molecule has 1 aliphatic rings. The van der Waals surface area contributed by atoms with Crippen molar-refractivity contribution in [1.82, 2.24) is 15.0 Å². The minimum Gasteiger partial charge on any atom is -0.441 e. The lowest BCUT2D eigenvalue weighted by molar-refractivity contribution is -0.120. The van der Waals surface area contributed by atoms with E-state index in [1.165, 1.54) is 0 Å². The molecule has 3 aromatic rings. The van der Waals surface area contributed by atoms with E-state index in [2.05, 4.69) is 25.2 Å². The van der Waals surface area contributed by atoms with Crippen LogP contribution in [0.3, 0.4) is 0 Å². The van der Waals surface area contributed by atoms with Crippen LogP contribution in [0.5, 0.6) is 0 Å². The number of oxazole rings is 1. The van der Waals surface area contributed by atoms with Gasteiger partial charge in [0.05, 0.1) is 12.4 Å². The van der Waals surface area contributed by atoms with E-state index in [4.69, 9.17) is 4.42 Å². The third-order valence-electron chi connectivity index (χ3n) is 4.74. The van der Waals surface area contributed by atoms with Gasteiger partial charge >= 0.3 is 0 Å². The number of aromatic nitrogens is 3.